The summed E-state index contributed by atoms with van der Waals surface area (Å²) in [4.78, 5) is 27.2. The number of nitrogens with one attached hydrogen (secondary N) is 1. The summed E-state index contributed by atoms with van der Waals surface area (Å²) in [7, 11) is 0. The fourth-order valence-corrected chi connectivity index (χ4v) is 4.93. The van der Waals surface area contributed by atoms with Gasteiger partial charge in [0.2, 0.25) is 0 Å². The first-order valence-electron chi connectivity index (χ1n) is 10.1. The number of ether oxygens (including phenoxy) is 1. The molecule has 0 saturated carbocycles. The molecule has 30 heavy (non-hydrogen) atoms. The van der Waals surface area contributed by atoms with E-state index >= 15 is 0 Å². The first-order valence-corrected chi connectivity index (χ1v) is 10.9. The fraction of sp³-hybridized carbons (Fsp3) is 0.250. The number of esters is 1. The molecule has 6 heteroatoms. The highest BCUT2D eigenvalue weighted by Crippen LogP contribution is 2.39. The number of thiophene rings is 1. The average Bonchev–Trinajstić information content (AvgIpc) is 3.40. The van der Waals surface area contributed by atoms with Gasteiger partial charge >= 0.3 is 5.97 Å². The quantitative estimate of drug-likeness (QED) is 0.417. The van der Waals surface area contributed by atoms with Gasteiger partial charge in [0.05, 0.1) is 24.0 Å². The number of carbonyl (C=O) groups is 2. The molecule has 1 amide bonds. The van der Waals surface area contributed by atoms with Crippen molar-refractivity contribution in [1.82, 2.24) is 0 Å². The summed E-state index contributed by atoms with van der Waals surface area (Å²) in [5.74, 6) is -0.0784. The SMILES string of the molecule is CCOC(=O)c1c(NC(=O)/C(=C/c2ccco2)c2ccccc2)sc2c1CCCC2. The van der Waals surface area contributed by atoms with Crippen LogP contribution in [-0.4, -0.2) is 18.5 Å². The number of hydrogen-bond acceptors (Lipinski definition) is 5. The highest BCUT2D eigenvalue weighted by Gasteiger charge is 2.28. The van der Waals surface area contributed by atoms with E-state index in [0.29, 0.717) is 28.5 Å². The Morgan fingerprint density at radius 1 is 1.13 bits per heavy atom. The van der Waals surface area contributed by atoms with Crippen LogP contribution in [0.2, 0.25) is 0 Å². The van der Waals surface area contributed by atoms with Gasteiger partial charge in [-0.15, -0.1) is 11.3 Å². The smallest absolute Gasteiger partial charge is 0.341 e. The molecule has 1 aromatic carbocycles. The van der Waals surface area contributed by atoms with Crippen molar-refractivity contribution in [3.63, 3.8) is 0 Å². The van der Waals surface area contributed by atoms with Crippen LogP contribution in [0.5, 0.6) is 0 Å². The molecule has 0 atom stereocenters. The third-order valence-electron chi connectivity index (χ3n) is 5.04. The Balaban J connectivity index is 1.71. The van der Waals surface area contributed by atoms with Crippen molar-refractivity contribution >= 4 is 39.9 Å². The maximum Gasteiger partial charge on any atom is 0.341 e. The molecular formula is C24H23NO4S. The zero-order valence-electron chi connectivity index (χ0n) is 16.8. The zero-order chi connectivity index (χ0) is 20.9. The van der Waals surface area contributed by atoms with E-state index in [-0.39, 0.29) is 11.9 Å². The molecule has 0 fully saturated rings. The fourth-order valence-electron chi connectivity index (χ4n) is 3.66. The average molecular weight is 422 g/mol. The summed E-state index contributed by atoms with van der Waals surface area (Å²) in [6.07, 6.45) is 7.18. The van der Waals surface area contributed by atoms with Gasteiger partial charge < -0.3 is 14.5 Å². The third kappa shape index (κ3) is 4.24. The number of aryl methyl sites for hydroxylation is 1. The lowest BCUT2D eigenvalue weighted by Crippen LogP contribution is -2.16. The lowest BCUT2D eigenvalue weighted by molar-refractivity contribution is -0.111. The summed E-state index contributed by atoms with van der Waals surface area (Å²) in [6, 6.07) is 13.0. The Labute approximate surface area is 179 Å². The van der Waals surface area contributed by atoms with Crippen molar-refractivity contribution in [1.29, 1.82) is 0 Å². The van der Waals surface area contributed by atoms with Crippen molar-refractivity contribution < 1.29 is 18.7 Å². The molecule has 0 aliphatic heterocycles. The molecule has 0 spiro atoms. The standard InChI is InChI=1S/C24H23NO4S/c1-2-28-24(27)21-18-12-6-7-13-20(18)30-23(21)25-22(26)19(15-17-11-8-14-29-17)16-9-4-3-5-10-16/h3-5,8-11,14-15H,2,6-7,12-13H2,1H3,(H,25,26)/b19-15+. The third-order valence-corrected chi connectivity index (χ3v) is 6.24. The van der Waals surface area contributed by atoms with Crippen LogP contribution >= 0.6 is 11.3 Å². The molecule has 154 valence electrons. The van der Waals surface area contributed by atoms with E-state index in [1.165, 1.54) is 11.3 Å². The first-order chi connectivity index (χ1) is 14.7. The van der Waals surface area contributed by atoms with Gasteiger partial charge in [-0.2, -0.15) is 0 Å². The number of anilines is 1. The van der Waals surface area contributed by atoms with Crippen molar-refractivity contribution in [2.24, 2.45) is 0 Å². The van der Waals surface area contributed by atoms with E-state index in [0.717, 1.165) is 41.7 Å². The minimum atomic E-state index is -0.372. The predicted molar refractivity (Wildman–Crippen MR) is 119 cm³/mol. The van der Waals surface area contributed by atoms with Gasteiger partial charge in [0.25, 0.3) is 5.91 Å². The molecule has 0 bridgehead atoms. The van der Waals surface area contributed by atoms with Crippen LogP contribution in [-0.2, 0) is 22.4 Å². The molecule has 1 aliphatic carbocycles. The van der Waals surface area contributed by atoms with Crippen LogP contribution in [0.15, 0.2) is 53.1 Å². The lowest BCUT2D eigenvalue weighted by atomic mass is 9.95. The van der Waals surface area contributed by atoms with Crippen LogP contribution in [0, 0.1) is 0 Å². The Bertz CT molecular complexity index is 1060. The van der Waals surface area contributed by atoms with Crippen LogP contribution in [0.25, 0.3) is 11.6 Å². The van der Waals surface area contributed by atoms with Crippen molar-refractivity contribution in [3.8, 4) is 0 Å². The zero-order valence-corrected chi connectivity index (χ0v) is 17.6. The highest BCUT2D eigenvalue weighted by atomic mass is 32.1. The minimum Gasteiger partial charge on any atom is -0.465 e. The Morgan fingerprint density at radius 2 is 1.93 bits per heavy atom. The van der Waals surface area contributed by atoms with Crippen molar-refractivity contribution in [3.05, 3.63) is 76.1 Å². The normalized spacial score (nSPS) is 13.6. The summed E-state index contributed by atoms with van der Waals surface area (Å²) < 4.78 is 10.7. The van der Waals surface area contributed by atoms with Crippen molar-refractivity contribution in [2.45, 2.75) is 32.6 Å². The van der Waals surface area contributed by atoms with E-state index < -0.39 is 0 Å². The van der Waals surface area contributed by atoms with E-state index in [1.54, 1.807) is 31.4 Å². The molecule has 3 aromatic rings. The molecule has 0 saturated heterocycles. The molecule has 0 radical (unpaired) electrons. The largest absolute Gasteiger partial charge is 0.465 e. The number of carbonyl (C=O) groups excluding carboxylic acids is 2. The summed E-state index contributed by atoms with van der Waals surface area (Å²) in [5.41, 5.74) is 2.77. The van der Waals surface area contributed by atoms with Gasteiger partial charge in [-0.1, -0.05) is 30.3 Å². The Morgan fingerprint density at radius 3 is 2.67 bits per heavy atom. The first kappa shape index (κ1) is 20.2. The van der Waals surface area contributed by atoms with E-state index in [2.05, 4.69) is 5.32 Å². The molecule has 1 aliphatic rings. The second-order valence-electron chi connectivity index (χ2n) is 7.03. The van der Waals surface area contributed by atoms with Crippen LogP contribution < -0.4 is 5.32 Å². The second kappa shape index (κ2) is 9.13. The summed E-state index contributed by atoms with van der Waals surface area (Å²) in [6.45, 7) is 2.08. The van der Waals surface area contributed by atoms with Gasteiger partial charge in [-0.05, 0) is 61.9 Å². The van der Waals surface area contributed by atoms with Gasteiger partial charge in [-0.25, -0.2) is 4.79 Å². The molecule has 2 heterocycles. The molecule has 0 unspecified atom stereocenters. The van der Waals surface area contributed by atoms with Crippen molar-refractivity contribution in [2.75, 3.05) is 11.9 Å². The predicted octanol–water partition coefficient (Wildman–Crippen LogP) is 5.58. The highest BCUT2D eigenvalue weighted by molar-refractivity contribution is 7.17. The Kier molecular flexibility index (Phi) is 6.14. The molecular weight excluding hydrogens is 398 g/mol. The Hall–Kier alpha value is -3.12. The molecule has 2 aromatic heterocycles. The lowest BCUT2D eigenvalue weighted by Gasteiger charge is -2.13. The summed E-state index contributed by atoms with van der Waals surface area (Å²) in [5, 5.41) is 3.55. The number of hydrogen-bond donors (Lipinski definition) is 1. The number of fused-ring (bicyclic) bond motifs is 1. The van der Waals surface area contributed by atoms with Crippen LogP contribution in [0.4, 0.5) is 5.00 Å². The van der Waals surface area contributed by atoms with Crippen LogP contribution in [0.1, 0.15) is 51.9 Å². The van der Waals surface area contributed by atoms with Gasteiger partial charge in [0, 0.05) is 4.88 Å². The van der Waals surface area contributed by atoms with E-state index in [1.807, 2.05) is 30.3 Å². The maximum absolute atomic E-state index is 13.3. The molecule has 4 rings (SSSR count). The maximum atomic E-state index is 13.3. The number of rotatable bonds is 6. The monoisotopic (exact) mass is 421 g/mol. The summed E-state index contributed by atoms with van der Waals surface area (Å²) >= 11 is 1.48. The van der Waals surface area contributed by atoms with Crippen LogP contribution in [0.3, 0.4) is 0 Å². The van der Waals surface area contributed by atoms with E-state index in [9.17, 15) is 9.59 Å². The topological polar surface area (TPSA) is 68.5 Å². The molecule has 5 nitrogen and oxygen atoms in total. The minimum absolute atomic E-state index is 0.290. The number of furan rings is 1. The molecule has 1 N–H and O–H groups in total. The number of benzene rings is 1. The number of amides is 1. The van der Waals surface area contributed by atoms with E-state index in [4.69, 9.17) is 9.15 Å². The van der Waals surface area contributed by atoms with Gasteiger partial charge in [-0.3, -0.25) is 4.79 Å². The van der Waals surface area contributed by atoms with Gasteiger partial charge in [0.1, 0.15) is 10.8 Å². The second-order valence-corrected chi connectivity index (χ2v) is 8.13. The van der Waals surface area contributed by atoms with Gasteiger partial charge in [0.15, 0.2) is 0 Å².